The number of tetrazole rings is 1. The molecule has 0 saturated heterocycles. The number of nitrogens with one attached hydrogen (secondary N) is 2. The molecule has 1 aromatic heterocycles. The zero-order chi connectivity index (χ0) is 34.6. The van der Waals surface area contributed by atoms with Crippen molar-refractivity contribution in [3.05, 3.63) is 107 Å². The molecular formula is C37H48N5O5Sn. The first-order chi connectivity index (χ1) is 23.4. The van der Waals surface area contributed by atoms with Crippen LogP contribution in [-0.4, -0.2) is 65.3 Å². The van der Waals surface area contributed by atoms with E-state index in [1.54, 1.807) is 86.1 Å². The molecule has 0 fully saturated rings. The molecule has 11 heteroatoms. The van der Waals surface area contributed by atoms with Crippen LogP contribution in [0.4, 0.5) is 0 Å². The third-order valence-corrected chi connectivity index (χ3v) is 16.9. The van der Waals surface area contributed by atoms with Crippen molar-refractivity contribution >= 4 is 37.6 Å². The number of aromatic amines is 1. The molecule has 2 N–H and O–H groups in total. The summed E-state index contributed by atoms with van der Waals surface area (Å²) in [7, 11) is 1.23. The van der Waals surface area contributed by atoms with Gasteiger partial charge in [0, 0.05) is 17.5 Å². The Bertz CT molecular complexity index is 1500. The average Bonchev–Trinajstić information content (AvgIpc) is 3.65. The van der Waals surface area contributed by atoms with E-state index in [4.69, 9.17) is 9.47 Å². The maximum absolute atomic E-state index is 12.8. The van der Waals surface area contributed by atoms with E-state index in [9.17, 15) is 14.4 Å². The number of methoxy groups -OCH3 is 1. The Labute approximate surface area is 291 Å². The van der Waals surface area contributed by atoms with E-state index in [1.165, 1.54) is 51.7 Å². The fourth-order valence-corrected chi connectivity index (χ4v) is 14.5. The number of unbranched alkanes of at least 4 members (excludes halogenated alkanes) is 3. The molecule has 1 atom stereocenters. The SMILES string of the molecule is CCC[CH2][Sn]([CH2]CCC)[CH2]CCC.COC(=O)C(NC(=O)c1ccccc1)c1ccc(Cc2nnn[nH]2)c(OC(=O)c2ccccc2)c1. The second-order valence-electron chi connectivity index (χ2n) is 11.5. The van der Waals surface area contributed by atoms with Crippen LogP contribution < -0.4 is 10.1 Å². The van der Waals surface area contributed by atoms with Crippen LogP contribution in [0.25, 0.3) is 0 Å². The molecule has 4 rings (SSSR count). The van der Waals surface area contributed by atoms with Gasteiger partial charge in [0.15, 0.2) is 11.9 Å². The number of aromatic nitrogens is 4. The number of rotatable bonds is 17. The number of nitrogens with zero attached hydrogens (tertiary/aromatic N) is 3. The Balaban J connectivity index is 0.000000408. The summed E-state index contributed by atoms with van der Waals surface area (Å²) < 4.78 is 15.6. The minimum atomic E-state index is -1.14. The Morgan fingerprint density at radius 3 is 1.92 bits per heavy atom. The second-order valence-corrected chi connectivity index (χ2v) is 20.1. The van der Waals surface area contributed by atoms with Crippen molar-refractivity contribution in [1.29, 1.82) is 0 Å². The standard InChI is InChI=1S/C25H21N5O5.3C4H9.Sn/c1-34-25(33)22(26-23(31)16-8-4-2-5-9-16)19-13-12-18(15-21-27-29-30-28-21)20(14-19)35-24(32)17-10-6-3-7-11-17;3*1-3-4-2;/h2-14,22H,15H2,1H3,(H,26,31)(H,27,28,29,30);3*1,3-4H2,2H3;. The summed E-state index contributed by atoms with van der Waals surface area (Å²) in [4.78, 5) is 38.1. The predicted molar refractivity (Wildman–Crippen MR) is 188 cm³/mol. The van der Waals surface area contributed by atoms with Crippen molar-refractivity contribution in [2.24, 2.45) is 0 Å². The van der Waals surface area contributed by atoms with Gasteiger partial charge in [-0.05, 0) is 46.3 Å². The summed E-state index contributed by atoms with van der Waals surface area (Å²) in [6.07, 6.45) is 9.09. The summed E-state index contributed by atoms with van der Waals surface area (Å²) in [5.74, 6) is -1.07. The second kappa shape index (κ2) is 21.7. The monoisotopic (exact) mass is 762 g/mol. The average molecular weight is 762 g/mol. The Morgan fingerprint density at radius 1 is 0.812 bits per heavy atom. The molecule has 255 valence electrons. The fraction of sp³-hybridized carbons (Fsp3) is 0.405. The Kier molecular flexibility index (Phi) is 17.4. The predicted octanol–water partition coefficient (Wildman–Crippen LogP) is 7.54. The molecule has 0 aliphatic carbocycles. The van der Waals surface area contributed by atoms with Gasteiger partial charge < -0.3 is 14.8 Å². The van der Waals surface area contributed by atoms with E-state index in [-0.39, 0.29) is 12.2 Å². The van der Waals surface area contributed by atoms with Gasteiger partial charge in [-0.15, -0.1) is 5.10 Å². The number of esters is 2. The Morgan fingerprint density at radius 2 is 1.40 bits per heavy atom. The first-order valence-corrected chi connectivity index (χ1v) is 22.8. The maximum atomic E-state index is 12.8. The summed E-state index contributed by atoms with van der Waals surface area (Å²) in [5.41, 5.74) is 1.70. The van der Waals surface area contributed by atoms with E-state index >= 15 is 0 Å². The van der Waals surface area contributed by atoms with Crippen LogP contribution in [0.5, 0.6) is 5.75 Å². The van der Waals surface area contributed by atoms with Crippen molar-refractivity contribution in [3.63, 3.8) is 0 Å². The number of carbonyl (C=O) groups excluding carboxylic acids is 3. The van der Waals surface area contributed by atoms with Crippen LogP contribution >= 0.6 is 0 Å². The van der Waals surface area contributed by atoms with Gasteiger partial charge in [-0.3, -0.25) is 4.79 Å². The fourth-order valence-electron chi connectivity index (χ4n) is 5.01. The molecule has 10 nitrogen and oxygen atoms in total. The van der Waals surface area contributed by atoms with Gasteiger partial charge >= 0.3 is 104 Å². The topological polar surface area (TPSA) is 136 Å². The number of H-pyrrole nitrogens is 1. The molecule has 1 unspecified atom stereocenters. The minimum absolute atomic E-state index is 0.190. The van der Waals surface area contributed by atoms with E-state index < -0.39 is 43.6 Å². The number of hydrogen-bond donors (Lipinski definition) is 2. The van der Waals surface area contributed by atoms with Crippen molar-refractivity contribution in [2.45, 2.75) is 85.1 Å². The summed E-state index contributed by atoms with van der Waals surface area (Å²) in [6, 6.07) is 20.7. The smallest absolute Gasteiger partial charge is 0.343 e. The summed E-state index contributed by atoms with van der Waals surface area (Å²) in [5, 5.41) is 16.3. The van der Waals surface area contributed by atoms with Gasteiger partial charge in [-0.25, -0.2) is 14.7 Å². The molecule has 1 heterocycles. The molecule has 0 saturated carbocycles. The van der Waals surface area contributed by atoms with Gasteiger partial charge in [-0.2, -0.15) is 0 Å². The molecule has 0 aliphatic heterocycles. The Hall–Kier alpha value is -4.06. The number of carbonyl (C=O) groups is 3. The van der Waals surface area contributed by atoms with Gasteiger partial charge in [0.1, 0.15) is 5.75 Å². The van der Waals surface area contributed by atoms with Crippen LogP contribution in [0.1, 0.15) is 103 Å². The molecular weight excluding hydrogens is 713 g/mol. The normalized spacial score (nSPS) is 11.3. The molecule has 4 aromatic rings. The number of hydrogen-bond acceptors (Lipinski definition) is 8. The third kappa shape index (κ3) is 12.9. The first kappa shape index (κ1) is 38.4. The van der Waals surface area contributed by atoms with Crippen molar-refractivity contribution in [1.82, 2.24) is 25.9 Å². The number of benzene rings is 3. The van der Waals surface area contributed by atoms with E-state index in [1.807, 2.05) is 0 Å². The van der Waals surface area contributed by atoms with Gasteiger partial charge in [0.05, 0.1) is 12.7 Å². The van der Waals surface area contributed by atoms with Crippen LogP contribution in [0, 0.1) is 0 Å². The van der Waals surface area contributed by atoms with Gasteiger partial charge in [0.2, 0.25) is 0 Å². The molecule has 1 amide bonds. The first-order valence-electron chi connectivity index (χ1n) is 16.8. The van der Waals surface area contributed by atoms with E-state index in [0.29, 0.717) is 28.1 Å². The van der Waals surface area contributed by atoms with E-state index in [2.05, 4.69) is 46.7 Å². The van der Waals surface area contributed by atoms with Crippen LogP contribution in [0.3, 0.4) is 0 Å². The zero-order valence-corrected chi connectivity index (χ0v) is 31.4. The number of amides is 1. The van der Waals surface area contributed by atoms with Crippen LogP contribution in [-0.2, 0) is 16.0 Å². The van der Waals surface area contributed by atoms with Gasteiger partial charge in [-0.1, -0.05) is 48.5 Å². The van der Waals surface area contributed by atoms with Crippen molar-refractivity contribution in [2.75, 3.05) is 7.11 Å². The van der Waals surface area contributed by atoms with Crippen LogP contribution in [0.2, 0.25) is 13.3 Å². The van der Waals surface area contributed by atoms with Crippen LogP contribution in [0.15, 0.2) is 78.9 Å². The molecule has 3 aromatic carbocycles. The largest absolute Gasteiger partial charge is 0.467 e. The number of ether oxygens (including phenoxy) is 2. The third-order valence-electron chi connectivity index (χ3n) is 7.78. The molecule has 0 bridgehead atoms. The molecule has 0 aliphatic rings. The van der Waals surface area contributed by atoms with Crippen molar-refractivity contribution < 1.29 is 23.9 Å². The van der Waals surface area contributed by atoms with Crippen molar-refractivity contribution in [3.8, 4) is 5.75 Å². The summed E-state index contributed by atoms with van der Waals surface area (Å²) >= 11 is -0.839. The summed E-state index contributed by atoms with van der Waals surface area (Å²) in [6.45, 7) is 7.00. The van der Waals surface area contributed by atoms with E-state index in [0.717, 1.165) is 0 Å². The zero-order valence-electron chi connectivity index (χ0n) is 28.5. The molecule has 0 spiro atoms. The minimum Gasteiger partial charge on any atom is -0.467 e. The van der Waals surface area contributed by atoms with Gasteiger partial charge in [0.25, 0.3) is 5.91 Å². The molecule has 48 heavy (non-hydrogen) atoms. The quantitative estimate of drug-likeness (QED) is 0.0641. The molecule has 1 radical (unpaired) electrons. The maximum Gasteiger partial charge on any atom is 0.343 e.